The molecule has 1 aliphatic heterocycles. The highest BCUT2D eigenvalue weighted by atomic mass is 15.1. The van der Waals surface area contributed by atoms with E-state index in [0.717, 1.165) is 31.4 Å². The van der Waals surface area contributed by atoms with Crippen LogP contribution in [0.1, 0.15) is 67.8 Å². The van der Waals surface area contributed by atoms with E-state index < -0.39 is 0 Å². The van der Waals surface area contributed by atoms with Crippen molar-refractivity contribution in [1.29, 1.82) is 0 Å². The first-order valence-corrected chi connectivity index (χ1v) is 10.3. The maximum absolute atomic E-state index is 4.28. The Morgan fingerprint density at radius 1 is 1.12 bits per heavy atom. The van der Waals surface area contributed by atoms with Gasteiger partial charge in [-0.2, -0.15) is 5.10 Å². The minimum atomic E-state index is 0.939. The van der Waals surface area contributed by atoms with Gasteiger partial charge in [0.15, 0.2) is 0 Å². The molecule has 0 unspecified atom stereocenters. The van der Waals surface area contributed by atoms with Crippen molar-refractivity contribution < 1.29 is 0 Å². The third-order valence-corrected chi connectivity index (χ3v) is 5.49. The summed E-state index contributed by atoms with van der Waals surface area (Å²) >= 11 is 0. The summed E-state index contributed by atoms with van der Waals surface area (Å²) in [7, 11) is 0. The maximum Gasteiger partial charge on any atom is 0.0639 e. The van der Waals surface area contributed by atoms with Crippen LogP contribution >= 0.6 is 0 Å². The Morgan fingerprint density at radius 3 is 2.65 bits per heavy atom. The zero-order valence-corrected chi connectivity index (χ0v) is 16.3. The van der Waals surface area contributed by atoms with E-state index in [4.69, 9.17) is 0 Å². The summed E-state index contributed by atoms with van der Waals surface area (Å²) in [5.74, 6) is 0. The van der Waals surface area contributed by atoms with Crippen molar-refractivity contribution in [3.8, 4) is 0 Å². The van der Waals surface area contributed by atoms with E-state index >= 15 is 0 Å². The van der Waals surface area contributed by atoms with Gasteiger partial charge < -0.3 is 4.90 Å². The molecule has 140 valence electrons. The van der Waals surface area contributed by atoms with Gasteiger partial charge in [-0.25, -0.2) is 0 Å². The molecule has 26 heavy (non-hydrogen) atoms. The number of hydrogen-bond acceptors (Lipinski definition) is 2. The molecule has 1 aromatic carbocycles. The minimum Gasteiger partial charge on any atom is -0.303 e. The first kappa shape index (κ1) is 18.9. The number of aromatic nitrogens is 2. The van der Waals surface area contributed by atoms with E-state index in [2.05, 4.69) is 52.9 Å². The van der Waals surface area contributed by atoms with Crippen LogP contribution in [0.5, 0.6) is 0 Å². The van der Waals surface area contributed by atoms with Crippen LogP contribution in [-0.4, -0.2) is 34.7 Å². The molecule has 3 nitrogen and oxygen atoms in total. The monoisotopic (exact) mass is 351 g/mol. The number of aryl methyl sites for hydroxylation is 1. The van der Waals surface area contributed by atoms with E-state index in [1.165, 1.54) is 67.6 Å². The van der Waals surface area contributed by atoms with Gasteiger partial charge in [0.05, 0.1) is 11.9 Å². The SMILES string of the molecule is C=C(CCC)c1[nH]ncc1Cc1ccccc1CCCN1CCCCC1. The molecule has 1 N–H and O–H groups in total. The van der Waals surface area contributed by atoms with Gasteiger partial charge in [-0.15, -0.1) is 0 Å². The molecule has 0 saturated carbocycles. The molecule has 3 rings (SSSR count). The summed E-state index contributed by atoms with van der Waals surface area (Å²) in [5.41, 5.74) is 6.49. The lowest BCUT2D eigenvalue weighted by molar-refractivity contribution is 0.226. The molecule has 0 spiro atoms. The Bertz CT molecular complexity index is 695. The van der Waals surface area contributed by atoms with Crippen molar-refractivity contribution >= 4 is 5.57 Å². The van der Waals surface area contributed by atoms with Crippen LogP contribution in [0, 0.1) is 0 Å². The van der Waals surface area contributed by atoms with Crippen molar-refractivity contribution in [2.24, 2.45) is 0 Å². The van der Waals surface area contributed by atoms with E-state index in [1.807, 2.05) is 6.20 Å². The molecular formula is C23H33N3. The number of benzene rings is 1. The smallest absolute Gasteiger partial charge is 0.0639 e. The lowest BCUT2D eigenvalue weighted by Crippen LogP contribution is -2.30. The number of hydrogen-bond donors (Lipinski definition) is 1. The first-order chi connectivity index (χ1) is 12.8. The van der Waals surface area contributed by atoms with Gasteiger partial charge in [-0.1, -0.05) is 50.6 Å². The Balaban J connectivity index is 1.62. The fourth-order valence-electron chi connectivity index (χ4n) is 4.03. The molecule has 2 heterocycles. The maximum atomic E-state index is 4.28. The largest absolute Gasteiger partial charge is 0.303 e. The van der Waals surface area contributed by atoms with Gasteiger partial charge in [0.25, 0.3) is 0 Å². The standard InChI is InChI=1S/C23H33N3/c1-3-10-19(2)23-22(18-24-25-23)17-21-12-6-5-11-20(21)13-9-16-26-14-7-4-8-15-26/h5-6,11-12,18H,2-4,7-10,13-17H2,1H3,(H,24,25). The molecule has 1 aromatic heterocycles. The van der Waals surface area contributed by atoms with E-state index in [-0.39, 0.29) is 0 Å². The van der Waals surface area contributed by atoms with Crippen LogP contribution in [0.15, 0.2) is 37.0 Å². The molecule has 3 heteroatoms. The minimum absolute atomic E-state index is 0.939. The molecule has 0 aliphatic carbocycles. The number of nitrogens with one attached hydrogen (secondary N) is 1. The second-order valence-electron chi connectivity index (χ2n) is 7.58. The zero-order chi connectivity index (χ0) is 18.2. The summed E-state index contributed by atoms with van der Waals surface area (Å²) in [4.78, 5) is 2.63. The van der Waals surface area contributed by atoms with Gasteiger partial charge in [0.1, 0.15) is 0 Å². The van der Waals surface area contributed by atoms with E-state index in [9.17, 15) is 0 Å². The van der Waals surface area contributed by atoms with Crippen LogP contribution in [0.2, 0.25) is 0 Å². The van der Waals surface area contributed by atoms with Crippen LogP contribution in [-0.2, 0) is 12.8 Å². The lowest BCUT2D eigenvalue weighted by Gasteiger charge is -2.26. The predicted octanol–water partition coefficient (Wildman–Crippen LogP) is 5.23. The first-order valence-electron chi connectivity index (χ1n) is 10.3. The Kier molecular flexibility index (Phi) is 7.07. The number of nitrogens with zero attached hydrogens (tertiary/aromatic N) is 2. The average molecular weight is 352 g/mol. The Labute approximate surface area is 158 Å². The van der Waals surface area contributed by atoms with Crippen molar-refractivity contribution in [1.82, 2.24) is 15.1 Å². The second kappa shape index (κ2) is 9.72. The van der Waals surface area contributed by atoms with Crippen LogP contribution in [0.4, 0.5) is 0 Å². The molecule has 1 fully saturated rings. The van der Waals surface area contributed by atoms with Crippen LogP contribution in [0.25, 0.3) is 5.57 Å². The van der Waals surface area contributed by atoms with Crippen molar-refractivity contribution in [2.75, 3.05) is 19.6 Å². The van der Waals surface area contributed by atoms with Gasteiger partial charge in [0.2, 0.25) is 0 Å². The summed E-state index contributed by atoms with van der Waals surface area (Å²) in [6, 6.07) is 8.90. The topological polar surface area (TPSA) is 31.9 Å². The van der Waals surface area contributed by atoms with Gasteiger partial charge >= 0.3 is 0 Å². The van der Waals surface area contributed by atoms with Gasteiger partial charge in [-0.05, 0) is 68.4 Å². The highest BCUT2D eigenvalue weighted by Gasteiger charge is 2.12. The molecule has 1 saturated heterocycles. The molecule has 0 amide bonds. The molecule has 0 bridgehead atoms. The highest BCUT2D eigenvalue weighted by molar-refractivity contribution is 5.63. The van der Waals surface area contributed by atoms with Gasteiger partial charge in [0, 0.05) is 12.0 Å². The quantitative estimate of drug-likeness (QED) is 0.670. The second-order valence-corrected chi connectivity index (χ2v) is 7.58. The summed E-state index contributed by atoms with van der Waals surface area (Å²) in [6.45, 7) is 10.2. The molecule has 1 aliphatic rings. The number of H-pyrrole nitrogens is 1. The van der Waals surface area contributed by atoms with Crippen LogP contribution < -0.4 is 0 Å². The lowest BCUT2D eigenvalue weighted by atomic mass is 9.95. The van der Waals surface area contributed by atoms with E-state index in [0.29, 0.717) is 0 Å². The third kappa shape index (κ3) is 5.07. The molecule has 0 atom stereocenters. The summed E-state index contributed by atoms with van der Waals surface area (Å²) < 4.78 is 0. The fourth-order valence-corrected chi connectivity index (χ4v) is 4.03. The number of rotatable bonds is 9. The van der Waals surface area contributed by atoms with Crippen molar-refractivity contribution in [3.63, 3.8) is 0 Å². The third-order valence-electron chi connectivity index (χ3n) is 5.49. The predicted molar refractivity (Wildman–Crippen MR) is 110 cm³/mol. The van der Waals surface area contributed by atoms with Crippen molar-refractivity contribution in [2.45, 2.75) is 58.3 Å². The van der Waals surface area contributed by atoms with Crippen molar-refractivity contribution in [3.05, 3.63) is 59.4 Å². The zero-order valence-electron chi connectivity index (χ0n) is 16.3. The summed E-state index contributed by atoms with van der Waals surface area (Å²) in [6.07, 6.45) is 11.6. The number of aromatic amines is 1. The summed E-state index contributed by atoms with van der Waals surface area (Å²) in [5, 5.41) is 7.44. The molecule has 0 radical (unpaired) electrons. The Morgan fingerprint density at radius 2 is 1.88 bits per heavy atom. The normalized spacial score (nSPS) is 15.3. The number of likely N-dealkylation sites (tertiary alicyclic amines) is 1. The number of piperidine rings is 1. The fraction of sp³-hybridized carbons (Fsp3) is 0.522. The van der Waals surface area contributed by atoms with Gasteiger partial charge in [-0.3, -0.25) is 5.10 Å². The van der Waals surface area contributed by atoms with Crippen LogP contribution in [0.3, 0.4) is 0 Å². The van der Waals surface area contributed by atoms with E-state index in [1.54, 1.807) is 0 Å². The Hall–Kier alpha value is -1.87. The molecular weight excluding hydrogens is 318 g/mol. The highest BCUT2D eigenvalue weighted by Crippen LogP contribution is 2.23. The average Bonchev–Trinajstić information content (AvgIpc) is 3.12. The number of allylic oxidation sites excluding steroid dienone is 1. The molecule has 2 aromatic rings.